The summed E-state index contributed by atoms with van der Waals surface area (Å²) < 4.78 is 12.2. The molecule has 0 saturated heterocycles. The van der Waals surface area contributed by atoms with Gasteiger partial charge in [-0.3, -0.25) is 9.48 Å². The molecule has 2 heterocycles. The van der Waals surface area contributed by atoms with Crippen LogP contribution < -0.4 is 14.8 Å². The van der Waals surface area contributed by atoms with E-state index in [2.05, 4.69) is 10.4 Å². The molecule has 2 aromatic heterocycles. The van der Waals surface area contributed by atoms with E-state index in [0.717, 1.165) is 10.4 Å². The van der Waals surface area contributed by atoms with Crippen molar-refractivity contribution >= 4 is 17.2 Å². The number of thiophene rings is 1. The first-order valence-electron chi connectivity index (χ1n) is 7.69. The van der Waals surface area contributed by atoms with E-state index in [1.54, 1.807) is 43.4 Å². The van der Waals surface area contributed by atoms with Crippen molar-refractivity contribution in [3.8, 4) is 22.8 Å². The van der Waals surface area contributed by atoms with Crippen LogP contribution in [0.4, 0.5) is 0 Å². The fraction of sp³-hybridized carbons (Fsp3) is 0.222. The molecule has 0 aliphatic rings. The molecule has 130 valence electrons. The Hall–Kier alpha value is -2.80. The van der Waals surface area contributed by atoms with Crippen LogP contribution in [0.5, 0.6) is 11.5 Å². The number of hydrogen-bond acceptors (Lipinski definition) is 5. The fourth-order valence-electron chi connectivity index (χ4n) is 2.50. The maximum atomic E-state index is 12.5. The first-order chi connectivity index (χ1) is 12.1. The highest BCUT2D eigenvalue weighted by atomic mass is 32.1. The van der Waals surface area contributed by atoms with E-state index in [9.17, 15) is 4.79 Å². The molecule has 0 fully saturated rings. The van der Waals surface area contributed by atoms with Gasteiger partial charge < -0.3 is 14.8 Å². The Bertz CT molecular complexity index is 872. The smallest absolute Gasteiger partial charge is 0.269 e. The summed E-state index contributed by atoms with van der Waals surface area (Å²) in [5.41, 5.74) is 1.91. The van der Waals surface area contributed by atoms with Gasteiger partial charge in [-0.1, -0.05) is 6.07 Å². The lowest BCUT2D eigenvalue weighted by Crippen LogP contribution is -2.24. The molecule has 0 aliphatic heterocycles. The Labute approximate surface area is 150 Å². The molecular formula is C18H19N3O3S. The second-order valence-electron chi connectivity index (χ2n) is 5.37. The van der Waals surface area contributed by atoms with Gasteiger partial charge in [0.1, 0.15) is 17.2 Å². The third-order valence-corrected chi connectivity index (χ3v) is 4.67. The van der Waals surface area contributed by atoms with Gasteiger partial charge >= 0.3 is 0 Å². The van der Waals surface area contributed by atoms with Crippen LogP contribution in [0.1, 0.15) is 15.4 Å². The van der Waals surface area contributed by atoms with Crippen LogP contribution >= 0.6 is 11.3 Å². The summed E-state index contributed by atoms with van der Waals surface area (Å²) in [4.78, 5) is 13.6. The molecule has 1 N–H and O–H groups in total. The Balaban J connectivity index is 1.86. The zero-order valence-electron chi connectivity index (χ0n) is 14.3. The monoisotopic (exact) mass is 357 g/mol. The normalized spacial score (nSPS) is 10.5. The zero-order valence-corrected chi connectivity index (χ0v) is 15.1. The maximum absolute atomic E-state index is 12.5. The van der Waals surface area contributed by atoms with Crippen molar-refractivity contribution in [2.75, 3.05) is 14.2 Å². The van der Waals surface area contributed by atoms with Gasteiger partial charge in [0.05, 0.1) is 26.5 Å². The van der Waals surface area contributed by atoms with E-state index in [1.807, 2.05) is 35.7 Å². The molecular weight excluding hydrogens is 338 g/mol. The van der Waals surface area contributed by atoms with Crippen molar-refractivity contribution in [1.82, 2.24) is 15.1 Å². The zero-order chi connectivity index (χ0) is 17.8. The van der Waals surface area contributed by atoms with Gasteiger partial charge in [-0.2, -0.15) is 5.10 Å². The highest BCUT2D eigenvalue weighted by Crippen LogP contribution is 2.32. The van der Waals surface area contributed by atoms with Crippen LogP contribution in [-0.2, 0) is 13.6 Å². The minimum absolute atomic E-state index is 0.170. The number of nitrogens with zero attached hydrogens (tertiary/aromatic N) is 2. The molecule has 0 spiro atoms. The number of hydrogen-bond donors (Lipinski definition) is 1. The van der Waals surface area contributed by atoms with Crippen molar-refractivity contribution in [1.29, 1.82) is 0 Å². The number of aryl methyl sites for hydroxylation is 1. The molecule has 3 aromatic rings. The van der Waals surface area contributed by atoms with Crippen molar-refractivity contribution in [2.24, 2.45) is 7.05 Å². The van der Waals surface area contributed by atoms with E-state index >= 15 is 0 Å². The van der Waals surface area contributed by atoms with E-state index in [1.165, 1.54) is 0 Å². The molecule has 0 bridgehead atoms. The van der Waals surface area contributed by atoms with Crippen molar-refractivity contribution in [3.63, 3.8) is 0 Å². The number of benzene rings is 1. The first-order valence-corrected chi connectivity index (χ1v) is 8.57. The van der Waals surface area contributed by atoms with Crippen LogP contribution in [0.15, 0.2) is 41.8 Å². The van der Waals surface area contributed by atoms with Gasteiger partial charge in [-0.05, 0) is 35.7 Å². The summed E-state index contributed by atoms with van der Waals surface area (Å²) in [7, 11) is 4.95. The topological polar surface area (TPSA) is 65.4 Å². The van der Waals surface area contributed by atoms with E-state index in [-0.39, 0.29) is 5.91 Å². The molecule has 0 saturated carbocycles. The fourth-order valence-corrected chi connectivity index (χ4v) is 3.14. The highest BCUT2D eigenvalue weighted by Gasteiger charge is 2.17. The standard InChI is InChI=1S/C18H19N3O3S/c1-21-16(18(22)19-11-13-5-4-8-25-13)10-15(20-21)14-9-12(23-2)6-7-17(14)24-3/h4-10H,11H2,1-3H3,(H,19,22). The third kappa shape index (κ3) is 3.66. The SMILES string of the molecule is COc1ccc(OC)c(-c2cc(C(=O)NCc3cccs3)n(C)n2)c1. The van der Waals surface area contributed by atoms with Gasteiger partial charge in [0.15, 0.2) is 0 Å². The minimum atomic E-state index is -0.170. The largest absolute Gasteiger partial charge is 0.497 e. The van der Waals surface area contributed by atoms with Crippen LogP contribution in [-0.4, -0.2) is 29.9 Å². The molecule has 6 nitrogen and oxygen atoms in total. The number of methoxy groups -OCH3 is 2. The summed E-state index contributed by atoms with van der Waals surface area (Å²) in [6.07, 6.45) is 0. The minimum Gasteiger partial charge on any atom is -0.497 e. The van der Waals surface area contributed by atoms with Crippen molar-refractivity contribution < 1.29 is 14.3 Å². The summed E-state index contributed by atoms with van der Waals surface area (Å²) >= 11 is 1.61. The Morgan fingerprint density at radius 3 is 2.76 bits per heavy atom. The van der Waals surface area contributed by atoms with Crippen molar-refractivity contribution in [2.45, 2.75) is 6.54 Å². The van der Waals surface area contributed by atoms with E-state index in [4.69, 9.17) is 9.47 Å². The number of amides is 1. The Kier molecular flexibility index (Phi) is 5.04. The average Bonchev–Trinajstić information content (AvgIpc) is 3.28. The van der Waals surface area contributed by atoms with Crippen molar-refractivity contribution in [3.05, 3.63) is 52.3 Å². The van der Waals surface area contributed by atoms with Crippen LogP contribution in [0.2, 0.25) is 0 Å². The first kappa shape index (κ1) is 17.0. The number of ether oxygens (including phenoxy) is 2. The second kappa shape index (κ2) is 7.40. The number of nitrogens with one attached hydrogen (secondary N) is 1. The second-order valence-corrected chi connectivity index (χ2v) is 6.40. The van der Waals surface area contributed by atoms with Gasteiger partial charge in [-0.15, -0.1) is 11.3 Å². The van der Waals surface area contributed by atoms with E-state index < -0.39 is 0 Å². The highest BCUT2D eigenvalue weighted by molar-refractivity contribution is 7.09. The van der Waals surface area contributed by atoms with Gasteiger partial charge in [0.25, 0.3) is 5.91 Å². The molecule has 0 unspecified atom stereocenters. The Morgan fingerprint density at radius 2 is 2.08 bits per heavy atom. The molecule has 0 radical (unpaired) electrons. The molecule has 7 heteroatoms. The number of carbonyl (C=O) groups excluding carboxylic acids is 1. The van der Waals surface area contributed by atoms with Gasteiger partial charge in [0, 0.05) is 17.5 Å². The quantitative estimate of drug-likeness (QED) is 0.736. The third-order valence-electron chi connectivity index (χ3n) is 3.80. The molecule has 1 amide bonds. The van der Waals surface area contributed by atoms with Gasteiger partial charge in [-0.25, -0.2) is 0 Å². The predicted octanol–water partition coefficient (Wildman–Crippen LogP) is 3.10. The molecule has 1 aromatic carbocycles. The van der Waals surface area contributed by atoms with Crippen LogP contribution in [0.3, 0.4) is 0 Å². The lowest BCUT2D eigenvalue weighted by Gasteiger charge is -2.08. The lowest BCUT2D eigenvalue weighted by molar-refractivity contribution is 0.0942. The Morgan fingerprint density at radius 1 is 1.24 bits per heavy atom. The number of aromatic nitrogens is 2. The lowest BCUT2D eigenvalue weighted by atomic mass is 10.1. The average molecular weight is 357 g/mol. The summed E-state index contributed by atoms with van der Waals surface area (Å²) in [5, 5.41) is 9.35. The maximum Gasteiger partial charge on any atom is 0.269 e. The summed E-state index contributed by atoms with van der Waals surface area (Å²) in [6.45, 7) is 0.499. The van der Waals surface area contributed by atoms with E-state index in [0.29, 0.717) is 29.4 Å². The number of carbonyl (C=O) groups is 1. The molecule has 0 aliphatic carbocycles. The van der Waals surface area contributed by atoms with Crippen LogP contribution in [0, 0.1) is 0 Å². The predicted molar refractivity (Wildman–Crippen MR) is 97.2 cm³/mol. The molecule has 25 heavy (non-hydrogen) atoms. The van der Waals surface area contributed by atoms with Gasteiger partial charge in [0.2, 0.25) is 0 Å². The summed E-state index contributed by atoms with van der Waals surface area (Å²) in [6, 6.07) is 11.2. The van der Waals surface area contributed by atoms with Crippen LogP contribution in [0.25, 0.3) is 11.3 Å². The summed E-state index contributed by atoms with van der Waals surface area (Å²) in [5.74, 6) is 1.20. The number of rotatable bonds is 6. The molecule has 3 rings (SSSR count). The molecule has 0 atom stereocenters.